The normalized spacial score (nSPS) is 14.6. The zero-order chi connectivity index (χ0) is 36.3. The number of nitrogens with zero attached hydrogens (tertiary/aromatic N) is 1. The van der Waals surface area contributed by atoms with Gasteiger partial charge in [0.05, 0.1) is 0 Å². The number of rotatable bonds is 4. The SMILES string of the molecule is CC1(C)c2ccccc2-c2ccc(N(c3ccc4c(c3)C(C)(C)c3ccccc3-4)c3ccc4c(c3)oc3c(-c5ccccc5)c5ccccc5cc34)cc21. The minimum atomic E-state index is -0.117. The molecule has 54 heavy (non-hydrogen) atoms. The van der Waals surface area contributed by atoms with Gasteiger partial charge in [0.25, 0.3) is 0 Å². The largest absolute Gasteiger partial charge is 0.455 e. The molecule has 2 aliphatic rings. The van der Waals surface area contributed by atoms with Crippen molar-refractivity contribution in [3.63, 3.8) is 0 Å². The Kier molecular flexibility index (Phi) is 6.39. The molecule has 0 saturated carbocycles. The number of anilines is 3. The Balaban J connectivity index is 1.14. The highest BCUT2D eigenvalue weighted by Crippen LogP contribution is 2.53. The van der Waals surface area contributed by atoms with Crippen molar-refractivity contribution in [1.29, 1.82) is 0 Å². The second-order valence-corrected chi connectivity index (χ2v) is 16.1. The molecule has 0 fully saturated rings. The third-order valence-corrected chi connectivity index (χ3v) is 12.4. The van der Waals surface area contributed by atoms with E-state index in [1.165, 1.54) is 55.3 Å². The molecule has 1 aromatic heterocycles. The van der Waals surface area contributed by atoms with Gasteiger partial charge in [-0.1, -0.05) is 143 Å². The van der Waals surface area contributed by atoms with Crippen LogP contribution < -0.4 is 4.90 Å². The average molecular weight is 694 g/mol. The van der Waals surface area contributed by atoms with Crippen molar-refractivity contribution in [3.05, 3.63) is 186 Å². The molecule has 8 aromatic carbocycles. The number of hydrogen-bond donors (Lipinski definition) is 0. The lowest BCUT2D eigenvalue weighted by molar-refractivity contribution is 0.660. The van der Waals surface area contributed by atoms with Crippen LogP contribution in [0, 0.1) is 0 Å². The van der Waals surface area contributed by atoms with Gasteiger partial charge in [-0.3, -0.25) is 0 Å². The molecule has 0 bridgehead atoms. The van der Waals surface area contributed by atoms with Gasteiger partial charge in [0.1, 0.15) is 11.2 Å². The predicted molar refractivity (Wildman–Crippen MR) is 226 cm³/mol. The van der Waals surface area contributed by atoms with Crippen LogP contribution in [0.3, 0.4) is 0 Å². The topological polar surface area (TPSA) is 16.4 Å². The first-order chi connectivity index (χ1) is 26.3. The molecule has 9 aromatic rings. The van der Waals surface area contributed by atoms with Crippen molar-refractivity contribution in [2.45, 2.75) is 38.5 Å². The van der Waals surface area contributed by atoms with Crippen LogP contribution in [-0.4, -0.2) is 0 Å². The van der Waals surface area contributed by atoms with Gasteiger partial charge >= 0.3 is 0 Å². The first-order valence-electron chi connectivity index (χ1n) is 19.0. The van der Waals surface area contributed by atoms with E-state index in [0.29, 0.717) is 0 Å². The summed E-state index contributed by atoms with van der Waals surface area (Å²) in [6.45, 7) is 9.43. The third-order valence-electron chi connectivity index (χ3n) is 12.4. The van der Waals surface area contributed by atoms with E-state index in [4.69, 9.17) is 4.42 Å². The molecule has 0 atom stereocenters. The van der Waals surface area contributed by atoms with Gasteiger partial charge < -0.3 is 9.32 Å². The molecule has 0 aliphatic heterocycles. The van der Waals surface area contributed by atoms with E-state index in [1.807, 2.05) is 0 Å². The Morgan fingerprint density at radius 3 is 1.57 bits per heavy atom. The summed E-state index contributed by atoms with van der Waals surface area (Å²) in [7, 11) is 0. The summed E-state index contributed by atoms with van der Waals surface area (Å²) in [5.41, 5.74) is 18.0. The molecule has 2 aliphatic carbocycles. The van der Waals surface area contributed by atoms with E-state index in [9.17, 15) is 0 Å². The second kappa shape index (κ2) is 11.1. The highest BCUT2D eigenvalue weighted by atomic mass is 16.3. The summed E-state index contributed by atoms with van der Waals surface area (Å²) < 4.78 is 6.98. The van der Waals surface area contributed by atoms with E-state index in [-0.39, 0.29) is 10.8 Å². The Bertz CT molecular complexity index is 2890. The fourth-order valence-electron chi connectivity index (χ4n) is 9.70. The Hall–Kier alpha value is -6.38. The van der Waals surface area contributed by atoms with Gasteiger partial charge in [0.2, 0.25) is 0 Å². The smallest absolute Gasteiger partial charge is 0.143 e. The molecule has 1 heterocycles. The van der Waals surface area contributed by atoms with Crippen LogP contribution in [0.4, 0.5) is 17.1 Å². The highest BCUT2D eigenvalue weighted by Gasteiger charge is 2.37. The van der Waals surface area contributed by atoms with Gasteiger partial charge in [-0.15, -0.1) is 0 Å². The predicted octanol–water partition coefficient (Wildman–Crippen LogP) is 14.5. The summed E-state index contributed by atoms with van der Waals surface area (Å²) in [4.78, 5) is 2.43. The highest BCUT2D eigenvalue weighted by molar-refractivity contribution is 6.18. The van der Waals surface area contributed by atoms with Gasteiger partial charge in [0, 0.05) is 50.3 Å². The molecule has 0 amide bonds. The van der Waals surface area contributed by atoms with Crippen LogP contribution in [-0.2, 0) is 10.8 Å². The second-order valence-electron chi connectivity index (χ2n) is 16.1. The molecule has 0 unspecified atom stereocenters. The van der Waals surface area contributed by atoms with Crippen molar-refractivity contribution < 1.29 is 4.42 Å². The monoisotopic (exact) mass is 693 g/mol. The molecule has 258 valence electrons. The van der Waals surface area contributed by atoms with Crippen molar-refractivity contribution in [3.8, 4) is 33.4 Å². The number of fused-ring (bicyclic) bond motifs is 10. The first-order valence-corrected chi connectivity index (χ1v) is 19.0. The van der Waals surface area contributed by atoms with E-state index < -0.39 is 0 Å². The van der Waals surface area contributed by atoms with E-state index in [2.05, 4.69) is 196 Å². The zero-order valence-corrected chi connectivity index (χ0v) is 30.9. The lowest BCUT2D eigenvalue weighted by atomic mass is 9.82. The number of hydrogen-bond acceptors (Lipinski definition) is 2. The quantitative estimate of drug-likeness (QED) is 0.182. The molecule has 0 radical (unpaired) electrons. The maximum absolute atomic E-state index is 6.98. The molecule has 0 N–H and O–H groups in total. The average Bonchev–Trinajstić information content (AvgIpc) is 3.76. The lowest BCUT2D eigenvalue weighted by Gasteiger charge is -2.29. The fraction of sp³-hybridized carbons (Fsp3) is 0.115. The summed E-state index contributed by atoms with van der Waals surface area (Å²) in [6.07, 6.45) is 0. The van der Waals surface area contributed by atoms with E-state index in [0.717, 1.165) is 50.1 Å². The summed E-state index contributed by atoms with van der Waals surface area (Å²) >= 11 is 0. The van der Waals surface area contributed by atoms with Crippen molar-refractivity contribution in [1.82, 2.24) is 0 Å². The van der Waals surface area contributed by atoms with Crippen LogP contribution >= 0.6 is 0 Å². The van der Waals surface area contributed by atoms with Crippen LogP contribution in [0.1, 0.15) is 49.9 Å². The Morgan fingerprint density at radius 2 is 0.926 bits per heavy atom. The van der Waals surface area contributed by atoms with Gasteiger partial charge in [-0.05, 0) is 103 Å². The zero-order valence-electron chi connectivity index (χ0n) is 30.9. The number of benzene rings is 8. The molecule has 0 saturated heterocycles. The minimum absolute atomic E-state index is 0.117. The maximum atomic E-state index is 6.98. The van der Waals surface area contributed by atoms with E-state index >= 15 is 0 Å². The summed E-state index contributed by atoms with van der Waals surface area (Å²) in [5.74, 6) is 0. The molecule has 11 rings (SSSR count). The maximum Gasteiger partial charge on any atom is 0.143 e. The molecular formula is C52H39NO. The minimum Gasteiger partial charge on any atom is -0.455 e. The molecule has 0 spiro atoms. The van der Waals surface area contributed by atoms with Crippen molar-refractivity contribution in [2.24, 2.45) is 0 Å². The van der Waals surface area contributed by atoms with Crippen molar-refractivity contribution in [2.75, 3.05) is 4.90 Å². The lowest BCUT2D eigenvalue weighted by Crippen LogP contribution is -2.18. The van der Waals surface area contributed by atoms with Gasteiger partial charge in [-0.25, -0.2) is 0 Å². The van der Waals surface area contributed by atoms with Gasteiger partial charge in [-0.2, -0.15) is 0 Å². The Labute approximate surface area is 315 Å². The molecule has 2 nitrogen and oxygen atoms in total. The fourth-order valence-corrected chi connectivity index (χ4v) is 9.70. The van der Waals surface area contributed by atoms with Gasteiger partial charge in [0.15, 0.2) is 0 Å². The third kappa shape index (κ3) is 4.28. The van der Waals surface area contributed by atoms with E-state index in [1.54, 1.807) is 0 Å². The Morgan fingerprint density at radius 1 is 0.407 bits per heavy atom. The van der Waals surface area contributed by atoms with Crippen LogP contribution in [0.5, 0.6) is 0 Å². The van der Waals surface area contributed by atoms with Crippen LogP contribution in [0.2, 0.25) is 0 Å². The first kappa shape index (κ1) is 31.2. The van der Waals surface area contributed by atoms with Crippen LogP contribution in [0.25, 0.3) is 66.1 Å². The van der Waals surface area contributed by atoms with Crippen LogP contribution in [0.15, 0.2) is 168 Å². The summed E-state index contributed by atoms with van der Waals surface area (Å²) in [5, 5.41) is 4.66. The molecular weight excluding hydrogens is 655 g/mol. The van der Waals surface area contributed by atoms with Crippen molar-refractivity contribution >= 4 is 49.8 Å². The summed E-state index contributed by atoms with van der Waals surface area (Å²) in [6, 6.07) is 60.2. The standard InChI is InChI=1S/C52H39NO/c1-51(2)44-20-12-10-18-38(44)40-25-22-34(29-46(40)51)53(35-23-26-41-39-19-11-13-21-45(39)52(3,4)47(41)30-35)36-24-27-42-43-28-33-16-8-9-17-37(33)49(32-14-6-5-7-15-32)50(43)54-48(42)31-36/h5-31H,1-4H3. The number of furan rings is 1. The molecule has 2 heteroatoms.